The summed E-state index contributed by atoms with van der Waals surface area (Å²) in [7, 11) is 0. The van der Waals surface area contributed by atoms with E-state index >= 15 is 0 Å². The van der Waals surface area contributed by atoms with E-state index in [0.717, 1.165) is 66.0 Å². The second-order valence-corrected chi connectivity index (χ2v) is 13.8. The van der Waals surface area contributed by atoms with Crippen LogP contribution in [0.15, 0.2) is 162 Å². The fourth-order valence-corrected chi connectivity index (χ4v) is 8.76. The highest BCUT2D eigenvalue weighted by Crippen LogP contribution is 2.41. The van der Waals surface area contributed by atoms with Gasteiger partial charge in [0.05, 0.1) is 11.0 Å². The van der Waals surface area contributed by atoms with Crippen LogP contribution in [0.2, 0.25) is 0 Å². The number of furan rings is 1. The number of nitrogens with zero attached hydrogens (tertiary/aromatic N) is 4. The molecule has 4 aromatic heterocycles. The first-order chi connectivity index (χ1) is 25.3. The molecule has 11 aromatic rings. The molecule has 6 heteroatoms. The molecule has 51 heavy (non-hydrogen) atoms. The Labute approximate surface area is 295 Å². The van der Waals surface area contributed by atoms with Gasteiger partial charge in [-0.25, -0.2) is 4.98 Å². The number of fused-ring (bicyclic) bond motifs is 9. The summed E-state index contributed by atoms with van der Waals surface area (Å²) >= 11 is 1.78. The molecule has 0 aliphatic carbocycles. The van der Waals surface area contributed by atoms with Crippen LogP contribution in [0.1, 0.15) is 0 Å². The number of para-hydroxylation sites is 3. The highest BCUT2D eigenvalue weighted by atomic mass is 32.1. The van der Waals surface area contributed by atoms with Gasteiger partial charge >= 0.3 is 0 Å². The topological polar surface area (TPSA) is 56.7 Å². The zero-order chi connectivity index (χ0) is 33.5. The molecule has 0 radical (unpaired) electrons. The van der Waals surface area contributed by atoms with E-state index in [0.29, 0.717) is 17.6 Å². The van der Waals surface area contributed by atoms with E-state index < -0.39 is 0 Å². The Hall–Kier alpha value is -6.63. The monoisotopic (exact) mass is 670 g/mol. The molecule has 0 atom stereocenters. The number of hydrogen-bond donors (Lipinski definition) is 0. The van der Waals surface area contributed by atoms with Crippen LogP contribution in [0.3, 0.4) is 0 Å². The van der Waals surface area contributed by atoms with Crippen LogP contribution >= 0.6 is 11.3 Å². The molecular weight excluding hydrogens is 645 g/mol. The quantitative estimate of drug-likeness (QED) is 0.187. The van der Waals surface area contributed by atoms with E-state index in [1.165, 1.54) is 20.2 Å². The Morgan fingerprint density at radius 3 is 2.04 bits per heavy atom. The van der Waals surface area contributed by atoms with E-state index in [2.05, 4.69) is 132 Å². The van der Waals surface area contributed by atoms with Gasteiger partial charge in [-0.3, -0.25) is 4.57 Å². The predicted molar refractivity (Wildman–Crippen MR) is 211 cm³/mol. The molecule has 0 N–H and O–H groups in total. The Morgan fingerprint density at radius 2 is 1.14 bits per heavy atom. The van der Waals surface area contributed by atoms with Crippen LogP contribution in [0, 0.1) is 0 Å². The molecule has 4 heterocycles. The molecule has 11 rings (SSSR count). The van der Waals surface area contributed by atoms with E-state index in [1.807, 2.05) is 30.3 Å². The van der Waals surface area contributed by atoms with Crippen molar-refractivity contribution in [1.29, 1.82) is 0 Å². The van der Waals surface area contributed by atoms with Crippen LogP contribution in [0.4, 0.5) is 0 Å². The van der Waals surface area contributed by atoms with Crippen LogP contribution in [-0.4, -0.2) is 19.5 Å². The first-order valence-corrected chi connectivity index (χ1v) is 17.8. The Balaban J connectivity index is 1.20. The summed E-state index contributed by atoms with van der Waals surface area (Å²) < 4.78 is 11.1. The van der Waals surface area contributed by atoms with Crippen molar-refractivity contribution in [2.45, 2.75) is 0 Å². The minimum absolute atomic E-state index is 0.572. The van der Waals surface area contributed by atoms with Crippen LogP contribution < -0.4 is 0 Å². The first-order valence-electron chi connectivity index (χ1n) is 16.9. The lowest BCUT2D eigenvalue weighted by Gasteiger charge is -2.12. The largest absolute Gasteiger partial charge is 0.455 e. The first kappa shape index (κ1) is 28.2. The van der Waals surface area contributed by atoms with Crippen LogP contribution in [0.25, 0.3) is 104 Å². The second kappa shape index (κ2) is 10.9. The van der Waals surface area contributed by atoms with Crippen molar-refractivity contribution in [2.24, 2.45) is 0 Å². The smallest absolute Gasteiger partial charge is 0.238 e. The lowest BCUT2D eigenvalue weighted by atomic mass is 10.0. The van der Waals surface area contributed by atoms with Crippen molar-refractivity contribution in [3.8, 4) is 39.9 Å². The summed E-state index contributed by atoms with van der Waals surface area (Å²) in [4.78, 5) is 15.6. The van der Waals surface area contributed by atoms with E-state index in [1.54, 1.807) is 11.3 Å². The Bertz CT molecular complexity index is 3150. The van der Waals surface area contributed by atoms with Crippen molar-refractivity contribution < 1.29 is 4.42 Å². The van der Waals surface area contributed by atoms with Gasteiger partial charge < -0.3 is 4.42 Å². The molecule has 0 aliphatic heterocycles. The highest BCUT2D eigenvalue weighted by Gasteiger charge is 2.21. The molecule has 0 amide bonds. The lowest BCUT2D eigenvalue weighted by Crippen LogP contribution is -2.06. The molecule has 0 unspecified atom stereocenters. The predicted octanol–water partition coefficient (Wildman–Crippen LogP) is 12.2. The van der Waals surface area contributed by atoms with Gasteiger partial charge in [-0.05, 0) is 35.9 Å². The number of rotatable bonds is 4. The number of thiophene rings is 1. The maximum atomic E-state index is 6.47. The zero-order valence-electron chi connectivity index (χ0n) is 27.1. The third-order valence-electron chi connectivity index (χ3n) is 9.89. The van der Waals surface area contributed by atoms with E-state index in [9.17, 15) is 0 Å². The summed E-state index contributed by atoms with van der Waals surface area (Å²) in [6, 6.07) is 54.9. The summed E-state index contributed by atoms with van der Waals surface area (Å²) in [5, 5.41) is 6.93. The van der Waals surface area contributed by atoms with E-state index in [-0.39, 0.29) is 0 Å². The normalized spacial score (nSPS) is 11.9. The summed E-state index contributed by atoms with van der Waals surface area (Å²) in [6.45, 7) is 0. The van der Waals surface area contributed by atoms with Gasteiger partial charge in [0.1, 0.15) is 11.2 Å². The number of hydrogen-bond acceptors (Lipinski definition) is 5. The molecule has 0 aliphatic rings. The van der Waals surface area contributed by atoms with Crippen molar-refractivity contribution >= 4 is 75.3 Å². The molecular formula is C45H26N4OS. The van der Waals surface area contributed by atoms with E-state index in [4.69, 9.17) is 19.4 Å². The van der Waals surface area contributed by atoms with Gasteiger partial charge in [0, 0.05) is 58.4 Å². The Kier molecular flexibility index (Phi) is 6.05. The van der Waals surface area contributed by atoms with Gasteiger partial charge in [-0.2, -0.15) is 9.97 Å². The molecule has 0 spiro atoms. The van der Waals surface area contributed by atoms with Gasteiger partial charge in [-0.1, -0.05) is 127 Å². The third-order valence-corrected chi connectivity index (χ3v) is 11.1. The maximum Gasteiger partial charge on any atom is 0.238 e. The van der Waals surface area contributed by atoms with Crippen LogP contribution in [0.5, 0.6) is 0 Å². The average Bonchev–Trinajstić information content (AvgIpc) is 3.87. The van der Waals surface area contributed by atoms with Crippen molar-refractivity contribution in [3.05, 3.63) is 158 Å². The van der Waals surface area contributed by atoms with Gasteiger partial charge in [0.2, 0.25) is 5.95 Å². The van der Waals surface area contributed by atoms with Gasteiger partial charge in [-0.15, -0.1) is 11.3 Å². The summed E-state index contributed by atoms with van der Waals surface area (Å²) in [5.74, 6) is 1.84. The minimum Gasteiger partial charge on any atom is -0.455 e. The van der Waals surface area contributed by atoms with Crippen molar-refractivity contribution in [2.75, 3.05) is 0 Å². The minimum atomic E-state index is 0.572. The van der Waals surface area contributed by atoms with Gasteiger partial charge in [0.15, 0.2) is 11.6 Å². The molecule has 7 aromatic carbocycles. The third kappa shape index (κ3) is 4.30. The molecule has 0 fully saturated rings. The maximum absolute atomic E-state index is 6.47. The Morgan fingerprint density at radius 1 is 0.451 bits per heavy atom. The van der Waals surface area contributed by atoms with Crippen LogP contribution in [-0.2, 0) is 0 Å². The molecule has 238 valence electrons. The fraction of sp³-hybridized carbons (Fsp3) is 0. The van der Waals surface area contributed by atoms with Crippen molar-refractivity contribution in [3.63, 3.8) is 0 Å². The molecule has 0 bridgehead atoms. The average molecular weight is 671 g/mol. The molecule has 0 saturated heterocycles. The lowest BCUT2D eigenvalue weighted by molar-refractivity contribution is 0.670. The highest BCUT2D eigenvalue weighted by molar-refractivity contribution is 7.26. The van der Waals surface area contributed by atoms with Crippen molar-refractivity contribution in [1.82, 2.24) is 19.5 Å². The summed E-state index contributed by atoms with van der Waals surface area (Å²) in [5.41, 5.74) is 7.84. The van der Waals surface area contributed by atoms with Gasteiger partial charge in [0.25, 0.3) is 0 Å². The zero-order valence-corrected chi connectivity index (χ0v) is 27.9. The summed E-state index contributed by atoms with van der Waals surface area (Å²) in [6.07, 6.45) is 0. The molecule has 5 nitrogen and oxygen atoms in total. The fourth-order valence-electron chi connectivity index (χ4n) is 7.55. The standard InChI is InChI=1S/C45H26N4OS/c1-2-12-27(13-3-1)43-46-44(36-20-11-19-35-33-16-6-9-23-40(33)51-42(35)36)48-45(47-43)49-37-21-7-4-14-30(37)31-25-24-28(26-38(31)49)29-17-10-18-34-32-15-5-8-22-39(32)50-41(29)34/h1-26H. The number of aromatic nitrogens is 4. The second-order valence-electron chi connectivity index (χ2n) is 12.8. The molecule has 0 saturated carbocycles. The SMILES string of the molecule is c1ccc(-c2nc(-c3cccc4c3sc3ccccc34)nc(-n3c4ccccc4c4ccc(-c5cccc6c5oc5ccccc56)cc43)n2)cc1. The number of benzene rings is 7.